The molecule has 1 unspecified atom stereocenters. The topological polar surface area (TPSA) is 83.8 Å². The minimum atomic E-state index is -1.00. The fourth-order valence-electron chi connectivity index (χ4n) is 4.49. The Labute approximate surface area is 180 Å². The highest BCUT2D eigenvalue weighted by atomic mass is 16.5. The van der Waals surface area contributed by atoms with Gasteiger partial charge in [-0.05, 0) is 69.3 Å². The SMILES string of the molecule is CCC(C)(C)C(=O)O[C@H]1C[C@@H](C)C=C2C=C[C@H](C)[C@H](CCC(O)C/C=C\C(=O)O)[C@H]21. The summed E-state index contributed by atoms with van der Waals surface area (Å²) in [6.07, 6.45) is 11.8. The molecule has 2 N–H and O–H groups in total. The molecule has 0 aromatic rings. The molecule has 0 bridgehead atoms. The van der Waals surface area contributed by atoms with E-state index in [1.165, 1.54) is 11.6 Å². The fourth-order valence-corrected chi connectivity index (χ4v) is 4.49. The number of carbonyl (C=O) groups is 2. The second-order valence-electron chi connectivity index (χ2n) is 9.68. The highest BCUT2D eigenvalue weighted by Gasteiger charge is 2.42. The number of hydrogen-bond donors (Lipinski definition) is 2. The van der Waals surface area contributed by atoms with Gasteiger partial charge in [-0.15, -0.1) is 0 Å². The second kappa shape index (κ2) is 10.4. The third kappa shape index (κ3) is 6.31. The quantitative estimate of drug-likeness (QED) is 0.410. The van der Waals surface area contributed by atoms with Gasteiger partial charge >= 0.3 is 11.9 Å². The van der Waals surface area contributed by atoms with Crippen molar-refractivity contribution in [3.63, 3.8) is 0 Å². The van der Waals surface area contributed by atoms with Crippen molar-refractivity contribution in [3.8, 4) is 0 Å². The lowest BCUT2D eigenvalue weighted by Gasteiger charge is -2.43. The number of carboxylic acids is 1. The van der Waals surface area contributed by atoms with E-state index in [9.17, 15) is 14.7 Å². The number of aliphatic hydroxyl groups is 1. The largest absolute Gasteiger partial charge is 0.478 e. The van der Waals surface area contributed by atoms with Gasteiger partial charge in [-0.1, -0.05) is 45.1 Å². The fraction of sp³-hybridized carbons (Fsp3) is 0.680. The Morgan fingerprint density at radius 3 is 2.67 bits per heavy atom. The third-order valence-corrected chi connectivity index (χ3v) is 6.79. The summed E-state index contributed by atoms with van der Waals surface area (Å²) in [5.74, 6) is -0.0526. The molecule has 30 heavy (non-hydrogen) atoms. The standard InChI is InChI=1S/C25H38O5/c1-6-25(4,5)24(29)30-21-15-16(2)14-18-11-10-17(3)20(23(18)21)13-12-19(26)8-7-9-22(27)28/h7,9-11,14,16-17,19-21,23,26H,6,8,12-13,15H2,1-5H3,(H,27,28)/b9-7-/t16-,17-,19?,20-,21-,23-/m0/s1. The van der Waals surface area contributed by atoms with Crippen LogP contribution in [0.15, 0.2) is 36.0 Å². The van der Waals surface area contributed by atoms with Crippen LogP contribution in [0, 0.1) is 29.1 Å². The Morgan fingerprint density at radius 2 is 2.03 bits per heavy atom. The number of hydrogen-bond acceptors (Lipinski definition) is 4. The zero-order valence-electron chi connectivity index (χ0n) is 19.0. The van der Waals surface area contributed by atoms with Crippen LogP contribution in [0.5, 0.6) is 0 Å². The van der Waals surface area contributed by atoms with E-state index < -0.39 is 17.5 Å². The van der Waals surface area contributed by atoms with Crippen molar-refractivity contribution in [2.45, 2.75) is 78.9 Å². The molecule has 0 aromatic heterocycles. The van der Waals surface area contributed by atoms with Crippen molar-refractivity contribution in [1.29, 1.82) is 0 Å². The maximum absolute atomic E-state index is 12.8. The molecule has 2 rings (SSSR count). The first kappa shape index (κ1) is 24.4. The van der Waals surface area contributed by atoms with E-state index in [0.717, 1.165) is 25.3 Å². The van der Waals surface area contributed by atoms with Gasteiger partial charge in [0.2, 0.25) is 0 Å². The molecule has 6 atom stereocenters. The number of allylic oxidation sites excluding steroid dienone is 3. The summed E-state index contributed by atoms with van der Waals surface area (Å²) in [6.45, 7) is 10.2. The van der Waals surface area contributed by atoms with Gasteiger partial charge < -0.3 is 14.9 Å². The van der Waals surface area contributed by atoms with Crippen molar-refractivity contribution in [1.82, 2.24) is 0 Å². The molecule has 5 nitrogen and oxygen atoms in total. The number of fused-ring (bicyclic) bond motifs is 1. The van der Waals surface area contributed by atoms with E-state index >= 15 is 0 Å². The molecule has 2 aliphatic rings. The monoisotopic (exact) mass is 418 g/mol. The van der Waals surface area contributed by atoms with Gasteiger partial charge in [0.05, 0.1) is 11.5 Å². The molecule has 0 saturated heterocycles. The van der Waals surface area contributed by atoms with Gasteiger partial charge in [-0.3, -0.25) is 4.79 Å². The molecule has 5 heteroatoms. The number of carboxylic acid groups (broad SMARTS) is 1. The predicted molar refractivity (Wildman–Crippen MR) is 118 cm³/mol. The molecule has 2 aliphatic carbocycles. The van der Waals surface area contributed by atoms with Gasteiger partial charge in [0, 0.05) is 12.0 Å². The molecule has 0 heterocycles. The van der Waals surface area contributed by atoms with E-state index in [4.69, 9.17) is 9.84 Å². The van der Waals surface area contributed by atoms with E-state index in [1.54, 1.807) is 0 Å². The summed E-state index contributed by atoms with van der Waals surface area (Å²) in [4.78, 5) is 23.4. The van der Waals surface area contributed by atoms with Gasteiger partial charge in [0.25, 0.3) is 0 Å². The maximum Gasteiger partial charge on any atom is 0.327 e. The van der Waals surface area contributed by atoms with Crippen LogP contribution in [-0.4, -0.2) is 34.4 Å². The molecule has 168 valence electrons. The maximum atomic E-state index is 12.8. The minimum Gasteiger partial charge on any atom is -0.478 e. The van der Waals surface area contributed by atoms with E-state index in [0.29, 0.717) is 24.7 Å². The van der Waals surface area contributed by atoms with Crippen LogP contribution >= 0.6 is 0 Å². The summed E-state index contributed by atoms with van der Waals surface area (Å²) >= 11 is 0. The first-order chi connectivity index (χ1) is 14.0. The highest BCUT2D eigenvalue weighted by molar-refractivity contribution is 5.79. The number of ether oxygens (including phenoxy) is 1. The first-order valence-corrected chi connectivity index (χ1v) is 11.2. The normalized spacial score (nSPS) is 29.9. The number of aliphatic carboxylic acids is 1. The van der Waals surface area contributed by atoms with Gasteiger partial charge in [0.15, 0.2) is 0 Å². The Hall–Kier alpha value is -1.88. The predicted octanol–water partition coefficient (Wildman–Crippen LogP) is 4.91. The van der Waals surface area contributed by atoms with E-state index in [-0.39, 0.29) is 23.9 Å². The van der Waals surface area contributed by atoms with E-state index in [2.05, 4.69) is 32.1 Å². The Balaban J connectivity index is 2.14. The lowest BCUT2D eigenvalue weighted by atomic mass is 9.65. The molecule has 0 amide bonds. The summed E-state index contributed by atoms with van der Waals surface area (Å²) in [6, 6.07) is 0. The zero-order valence-corrected chi connectivity index (χ0v) is 19.0. The van der Waals surface area contributed by atoms with Crippen molar-refractivity contribution >= 4 is 11.9 Å². The molecular weight excluding hydrogens is 380 g/mol. The number of carbonyl (C=O) groups excluding carboxylic acids is 1. The highest BCUT2D eigenvalue weighted by Crippen LogP contribution is 2.45. The van der Waals surface area contributed by atoms with Crippen molar-refractivity contribution in [2.24, 2.45) is 29.1 Å². The number of esters is 1. The van der Waals surface area contributed by atoms with Crippen molar-refractivity contribution in [2.75, 3.05) is 0 Å². The molecule has 0 aliphatic heterocycles. The Morgan fingerprint density at radius 1 is 1.33 bits per heavy atom. The summed E-state index contributed by atoms with van der Waals surface area (Å²) in [5.41, 5.74) is 0.743. The Kier molecular flexibility index (Phi) is 8.48. The van der Waals surface area contributed by atoms with Crippen LogP contribution in [0.3, 0.4) is 0 Å². The van der Waals surface area contributed by atoms with Gasteiger partial charge in [-0.2, -0.15) is 0 Å². The first-order valence-electron chi connectivity index (χ1n) is 11.2. The van der Waals surface area contributed by atoms with Crippen molar-refractivity contribution < 1.29 is 24.5 Å². The zero-order chi connectivity index (χ0) is 22.5. The van der Waals surface area contributed by atoms with Crippen LogP contribution in [-0.2, 0) is 14.3 Å². The summed E-state index contributed by atoms with van der Waals surface area (Å²) < 4.78 is 6.11. The summed E-state index contributed by atoms with van der Waals surface area (Å²) in [7, 11) is 0. The van der Waals surface area contributed by atoms with Crippen LogP contribution in [0.2, 0.25) is 0 Å². The number of rotatable bonds is 9. The third-order valence-electron chi connectivity index (χ3n) is 6.79. The van der Waals surface area contributed by atoms with Gasteiger partial charge in [-0.25, -0.2) is 4.79 Å². The van der Waals surface area contributed by atoms with Crippen molar-refractivity contribution in [3.05, 3.63) is 36.0 Å². The lowest BCUT2D eigenvalue weighted by Crippen LogP contribution is -2.43. The van der Waals surface area contributed by atoms with Crippen LogP contribution in [0.25, 0.3) is 0 Å². The Bertz CT molecular complexity index is 702. The molecular formula is C25H38O5. The van der Waals surface area contributed by atoms with E-state index in [1.807, 2.05) is 20.8 Å². The summed E-state index contributed by atoms with van der Waals surface area (Å²) in [5, 5.41) is 19.0. The minimum absolute atomic E-state index is 0.136. The molecule has 0 aromatic carbocycles. The van der Waals surface area contributed by atoms with Gasteiger partial charge in [0.1, 0.15) is 6.10 Å². The molecule has 0 saturated carbocycles. The second-order valence-corrected chi connectivity index (χ2v) is 9.68. The van der Waals surface area contributed by atoms with Crippen LogP contribution in [0.1, 0.15) is 66.7 Å². The van der Waals surface area contributed by atoms with Crippen LogP contribution < -0.4 is 0 Å². The smallest absolute Gasteiger partial charge is 0.327 e. The average Bonchev–Trinajstić information content (AvgIpc) is 2.66. The molecule has 0 radical (unpaired) electrons. The average molecular weight is 419 g/mol. The lowest BCUT2D eigenvalue weighted by molar-refractivity contribution is -0.164. The number of aliphatic hydroxyl groups excluding tert-OH is 1. The molecule has 0 fully saturated rings. The molecule has 0 spiro atoms. The van der Waals surface area contributed by atoms with Crippen LogP contribution in [0.4, 0.5) is 0 Å².